The number of fused-ring (bicyclic) bond motifs is 1. The van der Waals surface area contributed by atoms with E-state index >= 15 is 0 Å². The van der Waals surface area contributed by atoms with Crippen LogP contribution in [0, 0.1) is 13.8 Å². The molecule has 0 saturated heterocycles. The molecule has 3 aromatic rings. The zero-order chi connectivity index (χ0) is 16.2. The molecule has 0 unspecified atom stereocenters. The zero-order valence-corrected chi connectivity index (χ0v) is 13.4. The minimum atomic E-state index is -0.0492. The summed E-state index contributed by atoms with van der Waals surface area (Å²) in [6, 6.07) is 20.3. The molecule has 0 bridgehead atoms. The molecule has 1 amide bonds. The van der Waals surface area contributed by atoms with Gasteiger partial charge in [-0.2, -0.15) is 0 Å². The first kappa shape index (κ1) is 15.1. The van der Waals surface area contributed by atoms with Crippen LogP contribution >= 0.6 is 0 Å². The summed E-state index contributed by atoms with van der Waals surface area (Å²) in [6.45, 7) is 4.25. The highest BCUT2D eigenvalue weighted by Crippen LogP contribution is 2.19. The number of carbonyl (C=O) groups is 1. The van der Waals surface area contributed by atoms with Gasteiger partial charge in [-0.1, -0.05) is 42.5 Å². The molecular formula is C20H20N2O. The number of hydrogen-bond donors (Lipinski definition) is 2. The third kappa shape index (κ3) is 3.69. The fourth-order valence-electron chi connectivity index (χ4n) is 2.55. The van der Waals surface area contributed by atoms with Crippen molar-refractivity contribution in [3.05, 3.63) is 71.8 Å². The summed E-state index contributed by atoms with van der Waals surface area (Å²) in [7, 11) is 0. The van der Waals surface area contributed by atoms with Gasteiger partial charge in [-0.25, -0.2) is 0 Å². The maximum absolute atomic E-state index is 12.1. The van der Waals surface area contributed by atoms with Gasteiger partial charge in [0.25, 0.3) is 0 Å². The molecule has 0 atom stereocenters. The molecule has 0 aliphatic carbocycles. The standard InChI is InChI=1S/C20H20N2O/c1-14-7-8-15(2)19(11-14)22-20(23)13-21-18-10-9-16-5-3-4-6-17(16)12-18/h3-12,21H,13H2,1-2H3,(H,22,23). The molecule has 0 aliphatic rings. The molecule has 0 spiro atoms. The van der Waals surface area contributed by atoms with Crippen molar-refractivity contribution < 1.29 is 4.79 Å². The fraction of sp³-hybridized carbons (Fsp3) is 0.150. The van der Waals surface area contributed by atoms with Gasteiger partial charge in [0, 0.05) is 11.4 Å². The second kappa shape index (κ2) is 6.53. The molecule has 0 aliphatic heterocycles. The van der Waals surface area contributed by atoms with Crippen LogP contribution in [0.5, 0.6) is 0 Å². The zero-order valence-electron chi connectivity index (χ0n) is 13.4. The van der Waals surface area contributed by atoms with E-state index in [-0.39, 0.29) is 12.5 Å². The Bertz CT molecular complexity index is 855. The Labute approximate surface area is 136 Å². The predicted octanol–water partition coefficient (Wildman–Crippen LogP) is 4.51. The Hall–Kier alpha value is -2.81. The predicted molar refractivity (Wildman–Crippen MR) is 97.0 cm³/mol. The Morgan fingerprint density at radius 3 is 2.52 bits per heavy atom. The number of aryl methyl sites for hydroxylation is 2. The van der Waals surface area contributed by atoms with E-state index in [1.165, 1.54) is 5.39 Å². The van der Waals surface area contributed by atoms with Crippen LogP contribution in [-0.2, 0) is 4.79 Å². The smallest absolute Gasteiger partial charge is 0.243 e. The summed E-state index contributed by atoms with van der Waals surface area (Å²) in [5.74, 6) is -0.0492. The minimum Gasteiger partial charge on any atom is -0.376 e. The van der Waals surface area contributed by atoms with Crippen LogP contribution in [0.15, 0.2) is 60.7 Å². The van der Waals surface area contributed by atoms with Gasteiger partial charge in [0.15, 0.2) is 0 Å². The van der Waals surface area contributed by atoms with E-state index in [1.807, 2.05) is 50.2 Å². The summed E-state index contributed by atoms with van der Waals surface area (Å²) in [5.41, 5.74) is 4.01. The summed E-state index contributed by atoms with van der Waals surface area (Å²) in [6.07, 6.45) is 0. The molecule has 0 radical (unpaired) electrons. The first-order chi connectivity index (χ1) is 11.1. The highest BCUT2D eigenvalue weighted by molar-refractivity contribution is 5.95. The normalized spacial score (nSPS) is 10.5. The van der Waals surface area contributed by atoms with Crippen molar-refractivity contribution >= 4 is 28.1 Å². The molecule has 23 heavy (non-hydrogen) atoms. The lowest BCUT2D eigenvalue weighted by Gasteiger charge is -2.11. The lowest BCUT2D eigenvalue weighted by Crippen LogP contribution is -2.22. The van der Waals surface area contributed by atoms with Crippen molar-refractivity contribution in [2.45, 2.75) is 13.8 Å². The largest absolute Gasteiger partial charge is 0.376 e. The van der Waals surface area contributed by atoms with E-state index in [0.717, 1.165) is 27.9 Å². The van der Waals surface area contributed by atoms with Crippen molar-refractivity contribution in [3.8, 4) is 0 Å². The van der Waals surface area contributed by atoms with Gasteiger partial charge in [-0.15, -0.1) is 0 Å². The van der Waals surface area contributed by atoms with Gasteiger partial charge < -0.3 is 10.6 Å². The van der Waals surface area contributed by atoms with Crippen LogP contribution < -0.4 is 10.6 Å². The summed E-state index contributed by atoms with van der Waals surface area (Å²) in [5, 5.41) is 8.49. The number of benzene rings is 3. The molecule has 2 N–H and O–H groups in total. The Morgan fingerprint density at radius 2 is 1.70 bits per heavy atom. The quantitative estimate of drug-likeness (QED) is 0.744. The Morgan fingerprint density at radius 1 is 0.913 bits per heavy atom. The average molecular weight is 304 g/mol. The van der Waals surface area contributed by atoms with E-state index in [9.17, 15) is 4.79 Å². The molecule has 3 nitrogen and oxygen atoms in total. The third-order valence-corrected chi connectivity index (χ3v) is 3.87. The molecule has 0 aromatic heterocycles. The van der Waals surface area contributed by atoms with Gasteiger partial charge in [0.1, 0.15) is 0 Å². The van der Waals surface area contributed by atoms with E-state index in [4.69, 9.17) is 0 Å². The van der Waals surface area contributed by atoms with Crippen LogP contribution in [0.3, 0.4) is 0 Å². The molecule has 3 aromatic carbocycles. The Balaban J connectivity index is 1.64. The van der Waals surface area contributed by atoms with Crippen molar-refractivity contribution in [1.29, 1.82) is 0 Å². The SMILES string of the molecule is Cc1ccc(C)c(NC(=O)CNc2ccc3ccccc3c2)c1. The minimum absolute atomic E-state index is 0.0492. The maximum Gasteiger partial charge on any atom is 0.243 e. The van der Waals surface area contributed by atoms with E-state index in [0.29, 0.717) is 0 Å². The van der Waals surface area contributed by atoms with Crippen molar-refractivity contribution in [2.24, 2.45) is 0 Å². The topological polar surface area (TPSA) is 41.1 Å². The summed E-state index contributed by atoms with van der Waals surface area (Å²) < 4.78 is 0. The second-order valence-corrected chi connectivity index (χ2v) is 5.78. The number of rotatable bonds is 4. The number of nitrogens with one attached hydrogen (secondary N) is 2. The number of anilines is 2. The average Bonchev–Trinajstić information content (AvgIpc) is 2.56. The molecule has 0 saturated carbocycles. The highest BCUT2D eigenvalue weighted by Gasteiger charge is 2.05. The maximum atomic E-state index is 12.1. The molecule has 3 heteroatoms. The van der Waals surface area contributed by atoms with Crippen LogP contribution in [0.4, 0.5) is 11.4 Å². The molecule has 116 valence electrons. The first-order valence-corrected chi connectivity index (χ1v) is 7.71. The molecule has 0 heterocycles. The molecule has 0 fully saturated rings. The van der Waals surface area contributed by atoms with Gasteiger partial charge in [-0.05, 0) is 53.9 Å². The third-order valence-electron chi connectivity index (χ3n) is 3.87. The van der Waals surface area contributed by atoms with Crippen molar-refractivity contribution in [1.82, 2.24) is 0 Å². The van der Waals surface area contributed by atoms with Gasteiger partial charge in [-0.3, -0.25) is 4.79 Å². The lowest BCUT2D eigenvalue weighted by molar-refractivity contribution is -0.114. The number of carbonyl (C=O) groups excluding carboxylic acids is 1. The lowest BCUT2D eigenvalue weighted by atomic mass is 10.1. The number of hydrogen-bond acceptors (Lipinski definition) is 2. The van der Waals surface area contributed by atoms with E-state index in [1.54, 1.807) is 0 Å². The first-order valence-electron chi connectivity index (χ1n) is 7.71. The monoisotopic (exact) mass is 304 g/mol. The van der Waals surface area contributed by atoms with Crippen LogP contribution in [-0.4, -0.2) is 12.5 Å². The van der Waals surface area contributed by atoms with E-state index < -0.39 is 0 Å². The van der Waals surface area contributed by atoms with E-state index in [2.05, 4.69) is 34.9 Å². The van der Waals surface area contributed by atoms with Crippen LogP contribution in [0.2, 0.25) is 0 Å². The fourth-order valence-corrected chi connectivity index (χ4v) is 2.55. The van der Waals surface area contributed by atoms with Crippen LogP contribution in [0.1, 0.15) is 11.1 Å². The number of amides is 1. The molecule has 3 rings (SSSR count). The highest BCUT2D eigenvalue weighted by atomic mass is 16.1. The summed E-state index contributed by atoms with van der Waals surface area (Å²) >= 11 is 0. The van der Waals surface area contributed by atoms with Gasteiger partial charge in [0.05, 0.1) is 6.54 Å². The summed E-state index contributed by atoms with van der Waals surface area (Å²) in [4.78, 5) is 12.1. The van der Waals surface area contributed by atoms with Crippen molar-refractivity contribution in [2.75, 3.05) is 17.2 Å². The Kier molecular flexibility index (Phi) is 4.29. The van der Waals surface area contributed by atoms with Crippen molar-refractivity contribution in [3.63, 3.8) is 0 Å². The van der Waals surface area contributed by atoms with Crippen LogP contribution in [0.25, 0.3) is 10.8 Å². The second-order valence-electron chi connectivity index (χ2n) is 5.78. The van der Waals surface area contributed by atoms with Gasteiger partial charge >= 0.3 is 0 Å². The molecular weight excluding hydrogens is 284 g/mol. The van der Waals surface area contributed by atoms with Gasteiger partial charge in [0.2, 0.25) is 5.91 Å².